The Morgan fingerprint density at radius 2 is 1.96 bits per heavy atom. The first-order valence-electron chi connectivity index (χ1n) is 8.93. The van der Waals surface area contributed by atoms with Gasteiger partial charge in [0, 0.05) is 18.0 Å². The van der Waals surface area contributed by atoms with Crippen LogP contribution in [-0.2, 0) is 24.2 Å². The number of amides is 1. The summed E-state index contributed by atoms with van der Waals surface area (Å²) in [5.74, 6) is 0.00560. The Bertz CT molecular complexity index is 787. The number of hydrogen-bond donors (Lipinski definition) is 0. The maximum Gasteiger partial charge on any atom is 0.262 e. The Balaban J connectivity index is 1.91. The lowest BCUT2D eigenvalue weighted by Gasteiger charge is -2.21. The first kappa shape index (κ1) is 17.1. The minimum atomic E-state index is -0.0549. The number of carbonyl (C=O) groups is 1. The summed E-state index contributed by atoms with van der Waals surface area (Å²) < 4.78 is 1.49. The second-order valence-corrected chi connectivity index (χ2v) is 7.53. The van der Waals surface area contributed by atoms with Gasteiger partial charge in [0.2, 0.25) is 5.91 Å². The van der Waals surface area contributed by atoms with E-state index in [9.17, 15) is 9.59 Å². The summed E-state index contributed by atoms with van der Waals surface area (Å²) in [5.41, 5.74) is 1.13. The molecule has 2 aromatic rings. The van der Waals surface area contributed by atoms with Gasteiger partial charge in [0.15, 0.2) is 0 Å². The van der Waals surface area contributed by atoms with E-state index in [1.807, 2.05) is 4.90 Å². The number of fused-ring (bicyclic) bond motifs is 3. The van der Waals surface area contributed by atoms with E-state index >= 15 is 0 Å². The molecule has 0 fully saturated rings. The number of nitrogens with zero attached hydrogens (tertiary/aromatic N) is 3. The smallest absolute Gasteiger partial charge is 0.262 e. The summed E-state index contributed by atoms with van der Waals surface area (Å²) in [4.78, 5) is 33.9. The van der Waals surface area contributed by atoms with Crippen LogP contribution >= 0.6 is 11.3 Å². The van der Waals surface area contributed by atoms with E-state index in [0.717, 1.165) is 55.4 Å². The molecule has 1 aliphatic rings. The van der Waals surface area contributed by atoms with E-state index in [1.165, 1.54) is 21.4 Å². The summed E-state index contributed by atoms with van der Waals surface area (Å²) in [7, 11) is 0. The fourth-order valence-electron chi connectivity index (χ4n) is 3.44. The monoisotopic (exact) mass is 347 g/mol. The molecule has 0 radical (unpaired) electrons. The molecule has 0 aliphatic heterocycles. The SMILES string of the molecule is CCCN(CCC)C(=O)Cn1cnc2sc3c(c2c1=O)CCCC3. The highest BCUT2D eigenvalue weighted by Crippen LogP contribution is 2.33. The molecule has 5 nitrogen and oxygen atoms in total. The van der Waals surface area contributed by atoms with Crippen LogP contribution in [0, 0.1) is 0 Å². The van der Waals surface area contributed by atoms with Crippen molar-refractivity contribution in [2.24, 2.45) is 0 Å². The van der Waals surface area contributed by atoms with Crippen LogP contribution in [0.5, 0.6) is 0 Å². The van der Waals surface area contributed by atoms with Crippen LogP contribution in [0.2, 0.25) is 0 Å². The van der Waals surface area contributed by atoms with Crippen molar-refractivity contribution < 1.29 is 4.79 Å². The molecule has 2 aromatic heterocycles. The zero-order valence-corrected chi connectivity index (χ0v) is 15.3. The van der Waals surface area contributed by atoms with Crippen molar-refractivity contribution in [1.82, 2.24) is 14.5 Å². The molecule has 0 unspecified atom stereocenters. The zero-order valence-electron chi connectivity index (χ0n) is 14.5. The van der Waals surface area contributed by atoms with Gasteiger partial charge < -0.3 is 4.90 Å². The fourth-order valence-corrected chi connectivity index (χ4v) is 4.66. The van der Waals surface area contributed by atoms with E-state index < -0.39 is 0 Å². The van der Waals surface area contributed by atoms with Crippen molar-refractivity contribution in [3.8, 4) is 0 Å². The molecule has 0 saturated carbocycles. The number of aryl methyl sites for hydroxylation is 2. The molecular formula is C18H25N3O2S. The Morgan fingerprint density at radius 3 is 2.67 bits per heavy atom. The van der Waals surface area contributed by atoms with Crippen LogP contribution in [0.3, 0.4) is 0 Å². The minimum absolute atomic E-state index is 0.00560. The molecule has 0 atom stereocenters. The molecule has 0 saturated heterocycles. The van der Waals surface area contributed by atoms with Gasteiger partial charge >= 0.3 is 0 Å². The Morgan fingerprint density at radius 1 is 1.25 bits per heavy atom. The van der Waals surface area contributed by atoms with Crippen molar-refractivity contribution in [1.29, 1.82) is 0 Å². The molecule has 0 bridgehead atoms. The highest BCUT2D eigenvalue weighted by atomic mass is 32.1. The van der Waals surface area contributed by atoms with Crippen LogP contribution in [-0.4, -0.2) is 33.4 Å². The molecule has 0 N–H and O–H groups in total. The van der Waals surface area contributed by atoms with Gasteiger partial charge in [0.1, 0.15) is 11.4 Å². The average Bonchev–Trinajstić information content (AvgIpc) is 2.96. The van der Waals surface area contributed by atoms with Crippen molar-refractivity contribution in [3.05, 3.63) is 27.1 Å². The second-order valence-electron chi connectivity index (χ2n) is 6.45. The molecule has 24 heavy (non-hydrogen) atoms. The predicted octanol–water partition coefficient (Wildman–Crippen LogP) is 2.99. The molecular weight excluding hydrogens is 322 g/mol. The summed E-state index contributed by atoms with van der Waals surface area (Å²) in [6.07, 6.45) is 7.73. The largest absolute Gasteiger partial charge is 0.341 e. The average molecular weight is 347 g/mol. The van der Waals surface area contributed by atoms with Gasteiger partial charge in [-0.3, -0.25) is 14.2 Å². The molecule has 2 heterocycles. The van der Waals surface area contributed by atoms with Crippen molar-refractivity contribution in [3.63, 3.8) is 0 Å². The normalized spacial score (nSPS) is 13.9. The molecule has 3 rings (SSSR count). The Kier molecular flexibility index (Phi) is 5.33. The topological polar surface area (TPSA) is 55.2 Å². The maximum atomic E-state index is 12.9. The third-order valence-corrected chi connectivity index (χ3v) is 5.79. The lowest BCUT2D eigenvalue weighted by atomic mass is 9.97. The van der Waals surface area contributed by atoms with Crippen LogP contribution in [0.25, 0.3) is 10.2 Å². The van der Waals surface area contributed by atoms with E-state index in [0.29, 0.717) is 0 Å². The van der Waals surface area contributed by atoms with Crippen LogP contribution in [0.1, 0.15) is 50.0 Å². The molecule has 6 heteroatoms. The van der Waals surface area contributed by atoms with E-state index in [2.05, 4.69) is 18.8 Å². The minimum Gasteiger partial charge on any atom is -0.341 e. The quantitative estimate of drug-likeness (QED) is 0.807. The van der Waals surface area contributed by atoms with Gasteiger partial charge in [-0.25, -0.2) is 4.98 Å². The lowest BCUT2D eigenvalue weighted by molar-refractivity contribution is -0.132. The van der Waals surface area contributed by atoms with Crippen LogP contribution < -0.4 is 5.56 Å². The van der Waals surface area contributed by atoms with E-state index in [4.69, 9.17) is 0 Å². The predicted molar refractivity (Wildman–Crippen MR) is 97.7 cm³/mol. The second kappa shape index (κ2) is 7.47. The van der Waals surface area contributed by atoms with E-state index in [-0.39, 0.29) is 18.0 Å². The number of aromatic nitrogens is 2. The fraction of sp³-hybridized carbons (Fsp3) is 0.611. The van der Waals surface area contributed by atoms with Gasteiger partial charge in [-0.15, -0.1) is 11.3 Å². The molecule has 0 aromatic carbocycles. The van der Waals surface area contributed by atoms with Crippen molar-refractivity contribution >= 4 is 27.5 Å². The van der Waals surface area contributed by atoms with Gasteiger partial charge in [-0.05, 0) is 44.1 Å². The van der Waals surface area contributed by atoms with Gasteiger partial charge in [-0.1, -0.05) is 13.8 Å². The van der Waals surface area contributed by atoms with Gasteiger partial charge in [0.05, 0.1) is 11.7 Å². The van der Waals surface area contributed by atoms with Gasteiger partial charge in [-0.2, -0.15) is 0 Å². The first-order chi connectivity index (χ1) is 11.7. The summed E-state index contributed by atoms with van der Waals surface area (Å²) >= 11 is 1.64. The molecule has 130 valence electrons. The third kappa shape index (κ3) is 3.24. The van der Waals surface area contributed by atoms with E-state index in [1.54, 1.807) is 17.7 Å². The number of rotatable bonds is 6. The standard InChI is InChI=1S/C18H25N3O2S/c1-3-9-20(10-4-2)15(22)11-21-12-19-17-16(18(21)23)13-7-5-6-8-14(13)24-17/h12H,3-11H2,1-2H3. The lowest BCUT2D eigenvalue weighted by Crippen LogP contribution is -2.37. The molecule has 0 spiro atoms. The van der Waals surface area contributed by atoms with Crippen LogP contribution in [0.4, 0.5) is 0 Å². The first-order valence-corrected chi connectivity index (χ1v) is 9.74. The number of carbonyl (C=O) groups excluding carboxylic acids is 1. The van der Waals surface area contributed by atoms with Crippen LogP contribution in [0.15, 0.2) is 11.1 Å². The summed E-state index contributed by atoms with van der Waals surface area (Å²) in [6, 6.07) is 0. The zero-order chi connectivity index (χ0) is 17.1. The summed E-state index contributed by atoms with van der Waals surface area (Å²) in [5, 5.41) is 0.752. The number of hydrogen-bond acceptors (Lipinski definition) is 4. The molecule has 1 aliphatic carbocycles. The van der Waals surface area contributed by atoms with Crippen molar-refractivity contribution in [2.45, 2.75) is 58.9 Å². The van der Waals surface area contributed by atoms with Crippen molar-refractivity contribution in [2.75, 3.05) is 13.1 Å². The van der Waals surface area contributed by atoms with Gasteiger partial charge in [0.25, 0.3) is 5.56 Å². The summed E-state index contributed by atoms with van der Waals surface area (Å²) in [6.45, 7) is 5.70. The number of thiophene rings is 1. The molecule has 1 amide bonds. The maximum absolute atomic E-state index is 12.9. The Hall–Kier alpha value is -1.69. The Labute approximate surface area is 146 Å². The highest BCUT2D eigenvalue weighted by molar-refractivity contribution is 7.18. The third-order valence-electron chi connectivity index (χ3n) is 4.59. The highest BCUT2D eigenvalue weighted by Gasteiger charge is 2.21.